The summed E-state index contributed by atoms with van der Waals surface area (Å²) in [6, 6.07) is 2.27. The first kappa shape index (κ1) is 23.6. The third-order valence-electron chi connectivity index (χ3n) is 7.12. The number of aliphatic hydroxyl groups is 1. The minimum Gasteiger partial charge on any atom is -0.488 e. The molecule has 3 aliphatic rings. The van der Waals surface area contributed by atoms with Gasteiger partial charge in [-0.15, -0.1) is 0 Å². The van der Waals surface area contributed by atoms with Gasteiger partial charge in [0.05, 0.1) is 18.0 Å². The minimum atomic E-state index is -4.49. The van der Waals surface area contributed by atoms with Crippen LogP contribution in [0.25, 0.3) is 0 Å². The Kier molecular flexibility index (Phi) is 5.53. The van der Waals surface area contributed by atoms with Crippen molar-refractivity contribution in [3.63, 3.8) is 0 Å². The van der Waals surface area contributed by atoms with Crippen molar-refractivity contribution in [1.82, 2.24) is 15.0 Å². The molecule has 2 N–H and O–H groups in total. The molecule has 5 rings (SSSR count). The van der Waals surface area contributed by atoms with Crippen molar-refractivity contribution in [3.8, 4) is 5.75 Å². The number of rotatable bonds is 5. The summed E-state index contributed by atoms with van der Waals surface area (Å²) in [5.74, 6) is 1.22. The molecular formula is C23H27F3N6O3. The van der Waals surface area contributed by atoms with E-state index in [0.717, 1.165) is 24.6 Å². The van der Waals surface area contributed by atoms with Crippen molar-refractivity contribution in [2.45, 2.75) is 63.4 Å². The first-order valence-electron chi connectivity index (χ1n) is 11.6. The molecule has 0 bridgehead atoms. The van der Waals surface area contributed by atoms with Gasteiger partial charge in [-0.2, -0.15) is 18.2 Å². The number of halogens is 3. The Balaban J connectivity index is 1.28. The second kappa shape index (κ2) is 8.21. The van der Waals surface area contributed by atoms with E-state index >= 15 is 0 Å². The predicted octanol–water partition coefficient (Wildman–Crippen LogP) is 2.70. The van der Waals surface area contributed by atoms with Crippen molar-refractivity contribution in [2.24, 2.45) is 0 Å². The highest BCUT2D eigenvalue weighted by Crippen LogP contribution is 2.43. The zero-order valence-electron chi connectivity index (χ0n) is 19.7. The molecule has 35 heavy (non-hydrogen) atoms. The topological polar surface area (TPSA) is 104 Å². The third kappa shape index (κ3) is 3.93. The van der Waals surface area contributed by atoms with Gasteiger partial charge in [0.1, 0.15) is 28.8 Å². The first-order valence-corrected chi connectivity index (χ1v) is 11.6. The van der Waals surface area contributed by atoms with E-state index in [4.69, 9.17) is 4.74 Å². The summed E-state index contributed by atoms with van der Waals surface area (Å²) in [6.07, 6.45) is -1.88. The number of anilines is 3. The molecule has 0 radical (unpaired) electrons. The first-order chi connectivity index (χ1) is 16.5. The number of pyridine rings is 1. The van der Waals surface area contributed by atoms with Gasteiger partial charge in [-0.25, -0.2) is 9.97 Å². The maximum atomic E-state index is 13.0. The molecule has 1 saturated carbocycles. The predicted molar refractivity (Wildman–Crippen MR) is 122 cm³/mol. The molecule has 0 unspecified atom stereocenters. The second-order valence-electron chi connectivity index (χ2n) is 9.55. The summed E-state index contributed by atoms with van der Waals surface area (Å²) in [5.41, 5.74) is -0.340. The van der Waals surface area contributed by atoms with E-state index in [2.05, 4.69) is 20.3 Å². The number of carbonyl (C=O) groups excluding carboxylic acids is 1. The van der Waals surface area contributed by atoms with Gasteiger partial charge >= 0.3 is 6.18 Å². The fourth-order valence-electron chi connectivity index (χ4n) is 4.77. The molecule has 2 aliphatic heterocycles. The van der Waals surface area contributed by atoms with Gasteiger partial charge in [-0.1, -0.05) is 0 Å². The van der Waals surface area contributed by atoms with E-state index < -0.39 is 17.4 Å². The number of nitrogens with one attached hydrogen (secondary N) is 1. The number of ether oxygens (including phenoxy) is 1. The zero-order chi connectivity index (χ0) is 25.1. The molecule has 0 spiro atoms. The molecule has 4 heterocycles. The van der Waals surface area contributed by atoms with Crippen LogP contribution in [-0.4, -0.2) is 63.8 Å². The third-order valence-corrected chi connectivity index (χ3v) is 7.12. The van der Waals surface area contributed by atoms with Gasteiger partial charge in [0.15, 0.2) is 5.82 Å². The Hall–Kier alpha value is -3.15. The van der Waals surface area contributed by atoms with E-state index in [1.165, 1.54) is 13.0 Å². The number of carbonyl (C=O) groups is 1. The van der Waals surface area contributed by atoms with Crippen molar-refractivity contribution < 1.29 is 27.8 Å². The summed E-state index contributed by atoms with van der Waals surface area (Å²) in [5, 5.41) is 13.3. The molecule has 0 saturated heterocycles. The van der Waals surface area contributed by atoms with Gasteiger partial charge in [-0.3, -0.25) is 4.79 Å². The fourth-order valence-corrected chi connectivity index (χ4v) is 4.77. The molecule has 12 heteroatoms. The van der Waals surface area contributed by atoms with Crippen LogP contribution in [0.1, 0.15) is 43.3 Å². The number of hydrogen-bond acceptors (Lipinski definition) is 8. The van der Waals surface area contributed by atoms with E-state index in [9.17, 15) is 23.1 Å². The lowest BCUT2D eigenvalue weighted by Crippen LogP contribution is -2.64. The van der Waals surface area contributed by atoms with Crippen LogP contribution in [0.2, 0.25) is 0 Å². The molecule has 1 atom stereocenters. The van der Waals surface area contributed by atoms with Crippen LogP contribution in [0.3, 0.4) is 0 Å². The number of likely N-dealkylation sites (N-methyl/N-ethyl adjacent to an activating group) is 1. The molecule has 2 aromatic rings. The smallest absolute Gasteiger partial charge is 0.433 e. The van der Waals surface area contributed by atoms with Gasteiger partial charge in [0.2, 0.25) is 5.95 Å². The largest absolute Gasteiger partial charge is 0.488 e. The summed E-state index contributed by atoms with van der Waals surface area (Å²) in [6.45, 7) is 3.43. The molecule has 1 fully saturated rings. The molecule has 0 aromatic carbocycles. The van der Waals surface area contributed by atoms with Gasteiger partial charge in [-0.05, 0) is 38.8 Å². The Bertz CT molecular complexity index is 1170. The molecule has 188 valence electrons. The van der Waals surface area contributed by atoms with Crippen molar-refractivity contribution in [2.75, 3.05) is 35.3 Å². The maximum absolute atomic E-state index is 13.0. The van der Waals surface area contributed by atoms with E-state index in [0.29, 0.717) is 42.6 Å². The van der Waals surface area contributed by atoms with Crippen LogP contribution in [-0.2, 0) is 17.4 Å². The molecule has 9 nitrogen and oxygen atoms in total. The van der Waals surface area contributed by atoms with Gasteiger partial charge in [0.25, 0.3) is 5.91 Å². The minimum absolute atomic E-state index is 0.0346. The lowest BCUT2D eigenvalue weighted by molar-refractivity contribution is -0.141. The number of nitrogens with zero attached hydrogens (tertiary/aromatic N) is 5. The lowest BCUT2D eigenvalue weighted by atomic mass is 9.89. The standard InChI is InChI=1S/C23H27F3N6O3/c1-12-16(6-7-17(27-12)23(24,25)26)35-14-9-13(10-14)28-21-29-15-5-4-8-32-18(15)19(30-21)31(3)22(2,11-33)20(32)34/h6-7,13-14,33H,4-5,8-11H2,1-3H3,(H,28,29,30)/t13?,14?,22-/m0/s1. The van der Waals surface area contributed by atoms with Crippen LogP contribution < -0.4 is 19.9 Å². The highest BCUT2D eigenvalue weighted by atomic mass is 19.4. The number of aryl methyl sites for hydroxylation is 2. The monoisotopic (exact) mass is 492 g/mol. The SMILES string of the molecule is Cc1nc(C(F)(F)F)ccc1OC1CC(Nc2nc3c4c(n2)N(C)[C@@](C)(CO)C(=O)N4CCC3)C1. The molecule has 2 aromatic heterocycles. The van der Waals surface area contributed by atoms with Crippen LogP contribution in [0.15, 0.2) is 12.1 Å². The quantitative estimate of drug-likeness (QED) is 0.657. The normalized spacial score (nSPS) is 25.7. The molecular weight excluding hydrogens is 465 g/mol. The van der Waals surface area contributed by atoms with E-state index in [-0.39, 0.29) is 30.4 Å². The maximum Gasteiger partial charge on any atom is 0.433 e. The summed E-state index contributed by atoms with van der Waals surface area (Å²) in [7, 11) is 1.75. The van der Waals surface area contributed by atoms with Gasteiger partial charge in [0, 0.05) is 32.5 Å². The number of aliphatic hydroxyl groups excluding tert-OH is 1. The number of aromatic nitrogens is 3. The summed E-state index contributed by atoms with van der Waals surface area (Å²) in [4.78, 5) is 29.4. The highest BCUT2D eigenvalue weighted by Gasteiger charge is 2.49. The van der Waals surface area contributed by atoms with Crippen molar-refractivity contribution in [3.05, 3.63) is 29.2 Å². The second-order valence-corrected chi connectivity index (χ2v) is 9.55. The van der Waals surface area contributed by atoms with Crippen LogP contribution >= 0.6 is 0 Å². The fraction of sp³-hybridized carbons (Fsp3) is 0.565. The zero-order valence-corrected chi connectivity index (χ0v) is 19.7. The van der Waals surface area contributed by atoms with Crippen LogP contribution in [0, 0.1) is 6.92 Å². The Morgan fingerprint density at radius 1 is 1.26 bits per heavy atom. The molecule has 1 amide bonds. The van der Waals surface area contributed by atoms with Crippen LogP contribution in [0.4, 0.5) is 30.6 Å². The number of alkyl halides is 3. The average molecular weight is 493 g/mol. The van der Waals surface area contributed by atoms with Crippen molar-refractivity contribution in [1.29, 1.82) is 0 Å². The Morgan fingerprint density at radius 3 is 2.66 bits per heavy atom. The summed E-state index contributed by atoms with van der Waals surface area (Å²) < 4.78 is 44.3. The lowest BCUT2D eigenvalue weighted by Gasteiger charge is -2.48. The average Bonchev–Trinajstić information content (AvgIpc) is 2.79. The Morgan fingerprint density at radius 2 is 2.00 bits per heavy atom. The van der Waals surface area contributed by atoms with Crippen LogP contribution in [0.5, 0.6) is 5.75 Å². The van der Waals surface area contributed by atoms with E-state index in [1.54, 1.807) is 23.8 Å². The van der Waals surface area contributed by atoms with E-state index in [1.807, 2.05) is 0 Å². The van der Waals surface area contributed by atoms with Crippen molar-refractivity contribution >= 4 is 23.4 Å². The molecule has 1 aliphatic carbocycles. The number of hydrogen-bond donors (Lipinski definition) is 2. The summed E-state index contributed by atoms with van der Waals surface area (Å²) >= 11 is 0. The number of amides is 1. The highest BCUT2D eigenvalue weighted by molar-refractivity contribution is 6.08. The van der Waals surface area contributed by atoms with Gasteiger partial charge < -0.3 is 25.0 Å². The Labute approximate surface area is 200 Å².